The molecule has 7 heteroatoms. The van der Waals surface area contributed by atoms with Crippen molar-refractivity contribution in [2.45, 2.75) is 57.1 Å². The molecule has 4 atom stereocenters. The summed E-state index contributed by atoms with van der Waals surface area (Å²) in [6, 6.07) is 28.6. The topological polar surface area (TPSA) is 105 Å². The van der Waals surface area contributed by atoms with Gasteiger partial charge in [-0.05, 0) is 55.2 Å². The second-order valence-electron chi connectivity index (χ2n) is 11.1. The van der Waals surface area contributed by atoms with E-state index in [-0.39, 0.29) is 43.3 Å². The smallest absolute Gasteiger partial charge is 0.309 e. The first kappa shape index (κ1) is 31.7. The highest BCUT2D eigenvalue weighted by Crippen LogP contribution is 2.24. The van der Waals surface area contributed by atoms with Crippen LogP contribution < -0.4 is 10.6 Å². The Balaban J connectivity index is 1.46. The lowest BCUT2D eigenvalue weighted by molar-refractivity contribution is -0.155. The fraction of sp³-hybridized carbons (Fsp3) is 0.361. The molecule has 3 N–H and O–H groups in total. The fourth-order valence-electron chi connectivity index (χ4n) is 5.38. The van der Waals surface area contributed by atoms with Crippen LogP contribution in [0.25, 0.3) is 0 Å². The van der Waals surface area contributed by atoms with Crippen LogP contribution in [0.1, 0.15) is 54.9 Å². The van der Waals surface area contributed by atoms with Crippen LogP contribution in [0.5, 0.6) is 0 Å². The molecule has 7 nitrogen and oxygen atoms in total. The summed E-state index contributed by atoms with van der Waals surface area (Å²) in [4.78, 5) is 39.9. The molecule has 0 aliphatic carbocycles. The van der Waals surface area contributed by atoms with Crippen LogP contribution in [0.15, 0.2) is 103 Å². The summed E-state index contributed by atoms with van der Waals surface area (Å²) in [5.74, 6) is -1.75. The van der Waals surface area contributed by atoms with E-state index in [0.717, 1.165) is 29.5 Å². The van der Waals surface area contributed by atoms with E-state index in [9.17, 15) is 19.5 Å². The minimum atomic E-state index is -0.659. The van der Waals surface area contributed by atoms with Gasteiger partial charge >= 0.3 is 5.97 Å². The third-order valence-corrected chi connectivity index (χ3v) is 7.77. The van der Waals surface area contributed by atoms with Crippen molar-refractivity contribution in [3.63, 3.8) is 0 Å². The van der Waals surface area contributed by atoms with Crippen molar-refractivity contribution < 1.29 is 24.2 Å². The number of esters is 1. The number of hydrogen-bond donors (Lipinski definition) is 3. The molecule has 4 rings (SSSR count). The predicted octanol–water partition coefficient (Wildman–Crippen LogP) is 5.10. The standard InChI is InChI=1S/C36H42N2O5/c39-26-32(23-28-16-8-4-9-17-28)38-34(40)24-30-20-10-1-2-11-21-31(22-27-14-6-3-7-15-27)36(42)43-33(25-37-35(30)41)29-18-12-5-13-19-29/h1,3-10,12-19,30-33,39H,2,11,20-26H2,(H,37,41)(H,38,40)/t30-,31-,32-,33-/m1/s1. The van der Waals surface area contributed by atoms with Crippen molar-refractivity contribution in [1.82, 2.24) is 10.6 Å². The first-order valence-electron chi connectivity index (χ1n) is 15.2. The zero-order valence-corrected chi connectivity index (χ0v) is 24.6. The van der Waals surface area contributed by atoms with Gasteiger partial charge in [0.1, 0.15) is 6.10 Å². The molecule has 226 valence electrons. The van der Waals surface area contributed by atoms with Gasteiger partial charge in [-0.2, -0.15) is 0 Å². The number of amides is 2. The zero-order valence-electron chi connectivity index (χ0n) is 24.6. The SMILES string of the molecule is O=C(C[C@H]1CC=CCCC[C@H](Cc2ccccc2)C(=O)O[C@@H](c2ccccc2)CNC1=O)N[C@@H](CO)Cc1ccccc1. The first-order valence-corrected chi connectivity index (χ1v) is 15.2. The second kappa shape index (κ2) is 17.0. The average molecular weight is 583 g/mol. The van der Waals surface area contributed by atoms with Gasteiger partial charge in [0.05, 0.1) is 31.0 Å². The Morgan fingerprint density at radius 2 is 1.53 bits per heavy atom. The Kier molecular flexibility index (Phi) is 12.5. The van der Waals surface area contributed by atoms with Gasteiger partial charge < -0.3 is 20.5 Å². The van der Waals surface area contributed by atoms with Gasteiger partial charge in [0, 0.05) is 6.42 Å². The molecule has 1 aliphatic heterocycles. The average Bonchev–Trinajstić information content (AvgIpc) is 3.03. The van der Waals surface area contributed by atoms with E-state index in [2.05, 4.69) is 10.6 Å². The third kappa shape index (κ3) is 10.5. The number of hydrogen-bond acceptors (Lipinski definition) is 5. The molecule has 3 aromatic carbocycles. The number of ether oxygens (including phenoxy) is 1. The van der Waals surface area contributed by atoms with E-state index in [1.807, 2.05) is 103 Å². The largest absolute Gasteiger partial charge is 0.455 e. The quantitative estimate of drug-likeness (QED) is 0.241. The van der Waals surface area contributed by atoms with Gasteiger partial charge in [0.2, 0.25) is 11.8 Å². The zero-order chi connectivity index (χ0) is 30.3. The number of aliphatic hydroxyl groups excluding tert-OH is 1. The van der Waals surface area contributed by atoms with Crippen LogP contribution >= 0.6 is 0 Å². The van der Waals surface area contributed by atoms with Gasteiger partial charge in [0.25, 0.3) is 0 Å². The maximum Gasteiger partial charge on any atom is 0.309 e. The number of cyclic esters (lactones) is 1. The molecule has 0 saturated heterocycles. The molecule has 0 unspecified atom stereocenters. The normalized spacial score (nSPS) is 20.7. The van der Waals surface area contributed by atoms with Crippen molar-refractivity contribution in [2.24, 2.45) is 11.8 Å². The molecule has 0 fully saturated rings. The molecule has 0 saturated carbocycles. The molecule has 1 heterocycles. The summed E-state index contributed by atoms with van der Waals surface area (Å²) in [6.45, 7) is -0.103. The van der Waals surface area contributed by atoms with Crippen molar-refractivity contribution in [3.8, 4) is 0 Å². The van der Waals surface area contributed by atoms with Crippen molar-refractivity contribution in [2.75, 3.05) is 13.2 Å². The highest BCUT2D eigenvalue weighted by Gasteiger charge is 2.27. The van der Waals surface area contributed by atoms with Crippen LogP contribution in [-0.4, -0.2) is 42.1 Å². The summed E-state index contributed by atoms with van der Waals surface area (Å²) < 4.78 is 6.08. The monoisotopic (exact) mass is 582 g/mol. The fourth-order valence-corrected chi connectivity index (χ4v) is 5.38. The van der Waals surface area contributed by atoms with Gasteiger partial charge in [-0.25, -0.2) is 0 Å². The van der Waals surface area contributed by atoms with Crippen molar-refractivity contribution >= 4 is 17.8 Å². The number of aliphatic hydroxyl groups is 1. The molecule has 3 aromatic rings. The van der Waals surface area contributed by atoms with Gasteiger partial charge in [-0.15, -0.1) is 0 Å². The van der Waals surface area contributed by atoms with E-state index >= 15 is 0 Å². The molecule has 43 heavy (non-hydrogen) atoms. The molecule has 0 aromatic heterocycles. The van der Waals surface area contributed by atoms with E-state index < -0.39 is 18.1 Å². The predicted molar refractivity (Wildman–Crippen MR) is 167 cm³/mol. The maximum atomic E-state index is 13.5. The van der Waals surface area contributed by atoms with Gasteiger partial charge in [0.15, 0.2) is 0 Å². The van der Waals surface area contributed by atoms with E-state index in [4.69, 9.17) is 4.74 Å². The van der Waals surface area contributed by atoms with E-state index in [1.165, 1.54) is 0 Å². The Morgan fingerprint density at radius 3 is 2.21 bits per heavy atom. The lowest BCUT2D eigenvalue weighted by atomic mass is 9.93. The number of benzene rings is 3. The lowest BCUT2D eigenvalue weighted by Gasteiger charge is -2.24. The second-order valence-corrected chi connectivity index (χ2v) is 11.1. The summed E-state index contributed by atoms with van der Waals surface area (Å²) in [5.41, 5.74) is 2.88. The Labute approximate surface area is 254 Å². The molecule has 0 bridgehead atoms. The van der Waals surface area contributed by atoms with Crippen LogP contribution in [0.2, 0.25) is 0 Å². The molecule has 1 aliphatic rings. The number of carbonyl (C=O) groups is 3. The highest BCUT2D eigenvalue weighted by atomic mass is 16.5. The van der Waals surface area contributed by atoms with Crippen LogP contribution in [0, 0.1) is 11.8 Å². The number of rotatable bonds is 9. The molecule has 2 amide bonds. The van der Waals surface area contributed by atoms with E-state index in [1.54, 1.807) is 0 Å². The van der Waals surface area contributed by atoms with Crippen LogP contribution in [0.3, 0.4) is 0 Å². The van der Waals surface area contributed by atoms with Crippen LogP contribution in [0.4, 0.5) is 0 Å². The first-order chi connectivity index (χ1) is 21.0. The molecule has 0 radical (unpaired) electrons. The minimum Gasteiger partial charge on any atom is -0.455 e. The molecular formula is C36H42N2O5. The van der Waals surface area contributed by atoms with Crippen molar-refractivity contribution in [3.05, 3.63) is 120 Å². The minimum absolute atomic E-state index is 0.0175. The summed E-state index contributed by atoms with van der Waals surface area (Å²) in [7, 11) is 0. The van der Waals surface area contributed by atoms with Gasteiger partial charge in [-0.1, -0.05) is 103 Å². The lowest BCUT2D eigenvalue weighted by Crippen LogP contribution is -2.42. The Morgan fingerprint density at radius 1 is 0.884 bits per heavy atom. The highest BCUT2D eigenvalue weighted by molar-refractivity contribution is 5.86. The van der Waals surface area contributed by atoms with Gasteiger partial charge in [-0.3, -0.25) is 14.4 Å². The maximum absolute atomic E-state index is 13.5. The summed E-state index contributed by atoms with van der Waals surface area (Å²) in [6.07, 6.45) is 7.03. The Bertz CT molecular complexity index is 1310. The molecular weight excluding hydrogens is 540 g/mol. The Hall–Kier alpha value is -4.23. The third-order valence-electron chi connectivity index (χ3n) is 7.77. The van der Waals surface area contributed by atoms with Crippen LogP contribution in [-0.2, 0) is 32.0 Å². The number of allylic oxidation sites excluding steroid dienone is 2. The number of nitrogens with one attached hydrogen (secondary N) is 2. The van der Waals surface area contributed by atoms with E-state index in [0.29, 0.717) is 25.7 Å². The summed E-state index contributed by atoms with van der Waals surface area (Å²) >= 11 is 0. The molecule has 0 spiro atoms. The summed E-state index contributed by atoms with van der Waals surface area (Å²) in [5, 5.41) is 15.7. The number of carbonyl (C=O) groups excluding carboxylic acids is 3. The van der Waals surface area contributed by atoms with Crippen molar-refractivity contribution in [1.29, 1.82) is 0 Å².